The van der Waals surface area contributed by atoms with Gasteiger partial charge in [0.15, 0.2) is 0 Å². The fourth-order valence-corrected chi connectivity index (χ4v) is 2.42. The number of carbonyl (C=O) groups excluding carboxylic acids is 1. The van der Waals surface area contributed by atoms with Crippen molar-refractivity contribution in [1.82, 2.24) is 10.2 Å². The predicted octanol–water partition coefficient (Wildman–Crippen LogP) is 3.74. The smallest absolute Gasteiger partial charge is 0.254 e. The number of hydrogen-bond donors (Lipinski definition) is 1. The first-order valence-corrected chi connectivity index (χ1v) is 8.07. The Balaban J connectivity index is 1.94. The molecule has 2 aromatic rings. The highest BCUT2D eigenvalue weighted by Crippen LogP contribution is 2.11. The molecule has 128 valence electrons. The molecule has 0 aliphatic heterocycles. The lowest BCUT2D eigenvalue weighted by Crippen LogP contribution is -2.24. The van der Waals surface area contributed by atoms with Crippen LogP contribution in [0.2, 0.25) is 0 Å². The van der Waals surface area contributed by atoms with Crippen LogP contribution in [0.1, 0.15) is 35.3 Å². The molecule has 1 amide bonds. The second kappa shape index (κ2) is 8.55. The number of benzene rings is 2. The van der Waals surface area contributed by atoms with E-state index in [-0.39, 0.29) is 12.1 Å². The average Bonchev–Trinajstić information content (AvgIpc) is 2.60. The average molecular weight is 332 g/mol. The first-order chi connectivity index (χ1) is 11.5. The Morgan fingerprint density at radius 3 is 2.25 bits per heavy atom. The molecule has 24 heavy (non-hydrogen) atoms. The van der Waals surface area contributed by atoms with Crippen molar-refractivity contribution in [2.24, 2.45) is 0 Å². The van der Waals surface area contributed by atoms with E-state index in [0.717, 1.165) is 43.4 Å². The molecular formula is C19H22F2N2O. The lowest BCUT2D eigenvalue weighted by Gasteiger charge is -2.18. The van der Waals surface area contributed by atoms with E-state index in [9.17, 15) is 13.6 Å². The Labute approximate surface area is 141 Å². The summed E-state index contributed by atoms with van der Waals surface area (Å²) >= 11 is 0. The van der Waals surface area contributed by atoms with Crippen LogP contribution in [0.3, 0.4) is 0 Å². The van der Waals surface area contributed by atoms with Crippen molar-refractivity contribution in [3.05, 3.63) is 70.8 Å². The number of halogens is 2. The van der Waals surface area contributed by atoms with Gasteiger partial charge in [0, 0.05) is 13.1 Å². The van der Waals surface area contributed by atoms with Crippen molar-refractivity contribution in [3.63, 3.8) is 0 Å². The van der Waals surface area contributed by atoms with Crippen LogP contribution in [-0.2, 0) is 13.1 Å². The molecule has 0 spiro atoms. The van der Waals surface area contributed by atoms with Gasteiger partial charge in [-0.05, 0) is 42.4 Å². The van der Waals surface area contributed by atoms with Gasteiger partial charge < -0.3 is 5.32 Å². The van der Waals surface area contributed by atoms with Gasteiger partial charge in [-0.3, -0.25) is 9.69 Å². The zero-order valence-corrected chi connectivity index (χ0v) is 14.0. The van der Waals surface area contributed by atoms with Crippen molar-refractivity contribution < 1.29 is 13.6 Å². The van der Waals surface area contributed by atoms with Gasteiger partial charge in [-0.25, -0.2) is 8.78 Å². The molecule has 0 radical (unpaired) electrons. The summed E-state index contributed by atoms with van der Waals surface area (Å²) in [6.45, 7) is 7.38. The van der Waals surface area contributed by atoms with Crippen LogP contribution in [0.4, 0.5) is 8.78 Å². The summed E-state index contributed by atoms with van der Waals surface area (Å²) in [5, 5.41) is 2.61. The summed E-state index contributed by atoms with van der Waals surface area (Å²) in [5.74, 6) is -2.00. The van der Waals surface area contributed by atoms with E-state index in [1.807, 2.05) is 24.3 Å². The Hall–Kier alpha value is -2.27. The van der Waals surface area contributed by atoms with Crippen molar-refractivity contribution in [2.45, 2.75) is 26.9 Å². The Kier molecular flexibility index (Phi) is 6.44. The lowest BCUT2D eigenvalue weighted by molar-refractivity contribution is 0.0946. The highest BCUT2D eigenvalue weighted by Gasteiger charge is 2.12. The van der Waals surface area contributed by atoms with Gasteiger partial charge in [-0.2, -0.15) is 0 Å². The summed E-state index contributed by atoms with van der Waals surface area (Å²) in [7, 11) is 0. The fraction of sp³-hybridized carbons (Fsp3) is 0.316. The maximum absolute atomic E-state index is 13.6. The van der Waals surface area contributed by atoms with Gasteiger partial charge in [0.2, 0.25) is 0 Å². The van der Waals surface area contributed by atoms with Crippen LogP contribution in [0.15, 0.2) is 42.5 Å². The van der Waals surface area contributed by atoms with Gasteiger partial charge >= 0.3 is 0 Å². The van der Waals surface area contributed by atoms with Crippen LogP contribution >= 0.6 is 0 Å². The van der Waals surface area contributed by atoms with E-state index < -0.39 is 17.5 Å². The molecule has 0 bridgehead atoms. The molecule has 0 aliphatic carbocycles. The van der Waals surface area contributed by atoms with Crippen molar-refractivity contribution in [2.75, 3.05) is 13.1 Å². The molecule has 0 fully saturated rings. The molecule has 0 aliphatic rings. The van der Waals surface area contributed by atoms with E-state index in [0.29, 0.717) is 0 Å². The maximum atomic E-state index is 13.6. The molecule has 0 saturated carbocycles. The molecule has 0 aromatic heterocycles. The van der Waals surface area contributed by atoms with Gasteiger partial charge in [-0.15, -0.1) is 0 Å². The summed E-state index contributed by atoms with van der Waals surface area (Å²) < 4.78 is 26.7. The van der Waals surface area contributed by atoms with E-state index >= 15 is 0 Å². The molecule has 0 saturated heterocycles. The molecule has 2 aromatic carbocycles. The third kappa shape index (κ3) is 4.86. The topological polar surface area (TPSA) is 32.3 Å². The highest BCUT2D eigenvalue weighted by molar-refractivity contribution is 5.94. The monoisotopic (exact) mass is 332 g/mol. The van der Waals surface area contributed by atoms with Gasteiger partial charge in [0.25, 0.3) is 5.91 Å². The van der Waals surface area contributed by atoms with Crippen molar-refractivity contribution in [1.29, 1.82) is 0 Å². The minimum atomic E-state index is -0.733. The van der Waals surface area contributed by atoms with Gasteiger partial charge in [0.05, 0.1) is 5.56 Å². The zero-order chi connectivity index (χ0) is 17.5. The quantitative estimate of drug-likeness (QED) is 0.838. The molecule has 0 heterocycles. The minimum absolute atomic E-state index is 0.264. The summed E-state index contributed by atoms with van der Waals surface area (Å²) in [6.07, 6.45) is 0. The van der Waals surface area contributed by atoms with Gasteiger partial charge in [-0.1, -0.05) is 38.1 Å². The molecule has 0 unspecified atom stereocenters. The van der Waals surface area contributed by atoms with Crippen LogP contribution < -0.4 is 5.32 Å². The molecular weight excluding hydrogens is 310 g/mol. The van der Waals surface area contributed by atoms with E-state index in [2.05, 4.69) is 24.1 Å². The third-order valence-electron chi connectivity index (χ3n) is 3.95. The second-order valence-corrected chi connectivity index (χ2v) is 5.58. The molecule has 1 N–H and O–H groups in total. The largest absolute Gasteiger partial charge is 0.348 e. The van der Waals surface area contributed by atoms with E-state index in [1.165, 1.54) is 5.56 Å². The first kappa shape index (κ1) is 18.1. The van der Waals surface area contributed by atoms with Crippen LogP contribution in [-0.4, -0.2) is 23.9 Å². The van der Waals surface area contributed by atoms with Crippen LogP contribution in [0.25, 0.3) is 0 Å². The van der Waals surface area contributed by atoms with Crippen LogP contribution in [0, 0.1) is 11.6 Å². The third-order valence-corrected chi connectivity index (χ3v) is 3.95. The normalized spacial score (nSPS) is 10.9. The van der Waals surface area contributed by atoms with E-state index in [1.54, 1.807) is 0 Å². The number of nitrogens with zero attached hydrogens (tertiary/aromatic N) is 1. The van der Waals surface area contributed by atoms with Gasteiger partial charge in [0.1, 0.15) is 11.6 Å². The fourth-order valence-electron chi connectivity index (χ4n) is 2.42. The highest BCUT2D eigenvalue weighted by atomic mass is 19.1. The standard InChI is InChI=1S/C19H22F2N2O/c1-3-23(4-2)13-15-7-5-14(6-8-15)12-22-19(24)17-11-16(20)9-10-18(17)21/h5-11H,3-4,12-13H2,1-2H3,(H,22,24). The lowest BCUT2D eigenvalue weighted by atomic mass is 10.1. The first-order valence-electron chi connectivity index (χ1n) is 8.07. The minimum Gasteiger partial charge on any atom is -0.348 e. The summed E-state index contributed by atoms with van der Waals surface area (Å²) in [4.78, 5) is 14.3. The number of rotatable bonds is 7. The van der Waals surface area contributed by atoms with Crippen LogP contribution in [0.5, 0.6) is 0 Å². The number of carbonyl (C=O) groups is 1. The molecule has 5 heteroatoms. The Morgan fingerprint density at radius 1 is 1.00 bits per heavy atom. The Morgan fingerprint density at radius 2 is 1.62 bits per heavy atom. The number of amides is 1. The number of nitrogens with one attached hydrogen (secondary N) is 1. The van der Waals surface area contributed by atoms with Crippen molar-refractivity contribution in [3.8, 4) is 0 Å². The Bertz CT molecular complexity index is 682. The summed E-state index contributed by atoms with van der Waals surface area (Å²) in [5.41, 5.74) is 1.82. The second-order valence-electron chi connectivity index (χ2n) is 5.58. The van der Waals surface area contributed by atoms with E-state index in [4.69, 9.17) is 0 Å². The molecule has 3 nitrogen and oxygen atoms in total. The predicted molar refractivity (Wildman–Crippen MR) is 90.6 cm³/mol. The number of hydrogen-bond acceptors (Lipinski definition) is 2. The van der Waals surface area contributed by atoms with Crippen molar-refractivity contribution >= 4 is 5.91 Å². The summed E-state index contributed by atoms with van der Waals surface area (Å²) in [6, 6.07) is 10.7. The maximum Gasteiger partial charge on any atom is 0.254 e. The molecule has 0 atom stereocenters. The SMILES string of the molecule is CCN(CC)Cc1ccc(CNC(=O)c2cc(F)ccc2F)cc1. The molecule has 2 rings (SSSR count). The zero-order valence-electron chi connectivity index (χ0n) is 14.0.